The molecule has 1 aromatic carbocycles. The van der Waals surface area contributed by atoms with Crippen LogP contribution in [-0.4, -0.2) is 14.2 Å². The van der Waals surface area contributed by atoms with Crippen LogP contribution in [0.15, 0.2) is 12.1 Å². The second-order valence-electron chi connectivity index (χ2n) is 3.84. The van der Waals surface area contributed by atoms with Gasteiger partial charge in [0.25, 0.3) is 0 Å². The second kappa shape index (κ2) is 3.58. The van der Waals surface area contributed by atoms with E-state index < -0.39 is 0 Å². The molecule has 0 heterocycles. The molecule has 0 amide bonds. The Hall–Kier alpha value is -0.930. The molecule has 1 fully saturated rings. The Bertz CT molecular complexity index is 388. The highest BCUT2D eigenvalue weighted by Crippen LogP contribution is 2.48. The molecule has 2 rings (SSSR count). The molecule has 0 aromatic heterocycles. The summed E-state index contributed by atoms with van der Waals surface area (Å²) < 4.78 is 10.4. The normalized spacial score (nSPS) is 17.3. The smallest absolute Gasteiger partial charge is 0.141 e. The highest BCUT2D eigenvalue weighted by Gasteiger charge is 2.42. The van der Waals surface area contributed by atoms with Crippen LogP contribution in [0.4, 0.5) is 0 Å². The summed E-state index contributed by atoms with van der Waals surface area (Å²) in [7, 11) is 3.20. The third-order valence-corrected chi connectivity index (χ3v) is 3.09. The number of halogens is 1. The minimum Gasteiger partial charge on any atom is -0.496 e. The molecule has 0 atom stereocenters. The summed E-state index contributed by atoms with van der Waals surface area (Å²) in [6.07, 6.45) is 1.96. The van der Waals surface area contributed by atoms with E-state index >= 15 is 0 Å². The van der Waals surface area contributed by atoms with Gasteiger partial charge in [0.1, 0.15) is 11.5 Å². The van der Waals surface area contributed by atoms with Crippen LogP contribution >= 0.6 is 11.6 Å². The molecule has 1 saturated carbocycles. The largest absolute Gasteiger partial charge is 0.496 e. The third kappa shape index (κ3) is 1.77. The highest BCUT2D eigenvalue weighted by atomic mass is 35.5. The van der Waals surface area contributed by atoms with E-state index in [4.69, 9.17) is 26.8 Å². The van der Waals surface area contributed by atoms with Gasteiger partial charge in [-0.1, -0.05) is 11.6 Å². The zero-order chi connectivity index (χ0) is 11.1. The van der Waals surface area contributed by atoms with Crippen molar-refractivity contribution in [3.05, 3.63) is 22.7 Å². The van der Waals surface area contributed by atoms with Gasteiger partial charge in [-0.25, -0.2) is 0 Å². The summed E-state index contributed by atoms with van der Waals surface area (Å²) in [5.74, 6) is 1.36. The number of hydrogen-bond donors (Lipinski definition) is 1. The SMILES string of the molecule is COc1cc(OC)c(C2(N)CC2)cc1Cl. The summed E-state index contributed by atoms with van der Waals surface area (Å²) in [4.78, 5) is 0. The quantitative estimate of drug-likeness (QED) is 0.862. The number of rotatable bonds is 3. The highest BCUT2D eigenvalue weighted by molar-refractivity contribution is 6.32. The van der Waals surface area contributed by atoms with Crippen molar-refractivity contribution < 1.29 is 9.47 Å². The molecule has 0 unspecified atom stereocenters. The predicted molar refractivity (Wildman–Crippen MR) is 59.7 cm³/mol. The van der Waals surface area contributed by atoms with E-state index in [1.54, 1.807) is 20.3 Å². The van der Waals surface area contributed by atoms with Crippen molar-refractivity contribution in [3.63, 3.8) is 0 Å². The fraction of sp³-hybridized carbons (Fsp3) is 0.455. The lowest BCUT2D eigenvalue weighted by Crippen LogP contribution is -2.19. The van der Waals surface area contributed by atoms with Crippen LogP contribution in [0.2, 0.25) is 5.02 Å². The van der Waals surface area contributed by atoms with E-state index in [0.717, 1.165) is 24.2 Å². The molecule has 15 heavy (non-hydrogen) atoms. The Labute approximate surface area is 94.1 Å². The van der Waals surface area contributed by atoms with Crippen LogP contribution in [-0.2, 0) is 5.54 Å². The standard InChI is InChI=1S/C11H14ClNO2/c1-14-9-6-10(15-2)8(12)5-7(9)11(13)3-4-11/h5-6H,3-4,13H2,1-2H3. The van der Waals surface area contributed by atoms with Gasteiger partial charge in [0.2, 0.25) is 0 Å². The Morgan fingerprint density at radius 2 is 1.80 bits per heavy atom. The molecule has 1 aromatic rings. The zero-order valence-corrected chi connectivity index (χ0v) is 9.60. The van der Waals surface area contributed by atoms with Crippen LogP contribution in [0.25, 0.3) is 0 Å². The van der Waals surface area contributed by atoms with Gasteiger partial charge in [0.05, 0.1) is 19.2 Å². The molecular formula is C11H14ClNO2. The molecule has 2 N–H and O–H groups in total. The number of methoxy groups -OCH3 is 2. The maximum absolute atomic E-state index is 6.13. The van der Waals surface area contributed by atoms with E-state index in [0.29, 0.717) is 10.8 Å². The maximum Gasteiger partial charge on any atom is 0.141 e. The van der Waals surface area contributed by atoms with Crippen LogP contribution < -0.4 is 15.2 Å². The van der Waals surface area contributed by atoms with Crippen molar-refractivity contribution in [2.45, 2.75) is 18.4 Å². The topological polar surface area (TPSA) is 44.5 Å². The molecule has 1 aliphatic carbocycles. The van der Waals surface area contributed by atoms with Gasteiger partial charge in [-0.15, -0.1) is 0 Å². The lowest BCUT2D eigenvalue weighted by atomic mass is 10.0. The molecule has 0 radical (unpaired) electrons. The van der Waals surface area contributed by atoms with Crippen molar-refractivity contribution in [2.24, 2.45) is 5.73 Å². The zero-order valence-electron chi connectivity index (χ0n) is 8.84. The third-order valence-electron chi connectivity index (χ3n) is 2.80. The van der Waals surface area contributed by atoms with Crippen LogP contribution in [0.3, 0.4) is 0 Å². The van der Waals surface area contributed by atoms with Gasteiger partial charge in [0, 0.05) is 17.2 Å². The molecule has 3 nitrogen and oxygen atoms in total. The average Bonchev–Trinajstić information content (AvgIpc) is 2.97. The molecule has 0 bridgehead atoms. The maximum atomic E-state index is 6.13. The van der Waals surface area contributed by atoms with Crippen LogP contribution in [0.5, 0.6) is 11.5 Å². The van der Waals surface area contributed by atoms with Gasteiger partial charge >= 0.3 is 0 Å². The van der Waals surface area contributed by atoms with Crippen LogP contribution in [0.1, 0.15) is 18.4 Å². The average molecular weight is 228 g/mol. The minimum absolute atomic E-state index is 0.249. The summed E-state index contributed by atoms with van der Waals surface area (Å²) in [5.41, 5.74) is 6.84. The van der Waals surface area contributed by atoms with E-state index in [1.807, 2.05) is 6.07 Å². The monoisotopic (exact) mass is 227 g/mol. The number of ether oxygens (including phenoxy) is 2. The first-order chi connectivity index (χ1) is 7.10. The van der Waals surface area contributed by atoms with Crippen molar-refractivity contribution in [3.8, 4) is 11.5 Å². The first kappa shape index (κ1) is 10.6. The van der Waals surface area contributed by atoms with Crippen molar-refractivity contribution in [1.29, 1.82) is 0 Å². The van der Waals surface area contributed by atoms with E-state index in [9.17, 15) is 0 Å². The fourth-order valence-corrected chi connectivity index (χ4v) is 1.89. The molecule has 1 aliphatic rings. The minimum atomic E-state index is -0.249. The van der Waals surface area contributed by atoms with E-state index in [-0.39, 0.29) is 5.54 Å². The lowest BCUT2D eigenvalue weighted by molar-refractivity contribution is 0.387. The van der Waals surface area contributed by atoms with Gasteiger partial charge in [-0.05, 0) is 18.9 Å². The first-order valence-electron chi connectivity index (χ1n) is 4.81. The number of benzene rings is 1. The molecule has 0 aliphatic heterocycles. The van der Waals surface area contributed by atoms with Gasteiger partial charge < -0.3 is 15.2 Å². The molecule has 0 saturated heterocycles. The summed E-state index contributed by atoms with van der Waals surface area (Å²) >= 11 is 6.06. The Morgan fingerprint density at radius 3 is 2.27 bits per heavy atom. The predicted octanol–water partition coefficient (Wildman–Crippen LogP) is 2.31. The second-order valence-corrected chi connectivity index (χ2v) is 4.25. The van der Waals surface area contributed by atoms with Gasteiger partial charge in [-0.2, -0.15) is 0 Å². The molecular weight excluding hydrogens is 214 g/mol. The molecule has 82 valence electrons. The van der Waals surface area contributed by atoms with Gasteiger partial charge in [0.15, 0.2) is 0 Å². The van der Waals surface area contributed by atoms with E-state index in [1.165, 1.54) is 0 Å². The fourth-order valence-electron chi connectivity index (χ4n) is 1.65. The van der Waals surface area contributed by atoms with Crippen molar-refractivity contribution in [1.82, 2.24) is 0 Å². The Balaban J connectivity index is 2.50. The van der Waals surface area contributed by atoms with Gasteiger partial charge in [-0.3, -0.25) is 0 Å². The molecule has 0 spiro atoms. The molecule has 4 heteroatoms. The van der Waals surface area contributed by atoms with Crippen LogP contribution in [0, 0.1) is 0 Å². The summed E-state index contributed by atoms with van der Waals surface area (Å²) in [5, 5.41) is 0.574. The number of hydrogen-bond acceptors (Lipinski definition) is 3. The number of nitrogens with two attached hydrogens (primary N) is 1. The van der Waals surface area contributed by atoms with E-state index in [2.05, 4.69) is 0 Å². The summed E-state index contributed by atoms with van der Waals surface area (Å²) in [6, 6.07) is 3.62. The Morgan fingerprint density at radius 1 is 1.20 bits per heavy atom. The Kier molecular flexibility index (Phi) is 2.52. The lowest BCUT2D eigenvalue weighted by Gasteiger charge is -2.16. The summed E-state index contributed by atoms with van der Waals surface area (Å²) in [6.45, 7) is 0. The van der Waals surface area contributed by atoms with Crippen molar-refractivity contribution >= 4 is 11.6 Å². The van der Waals surface area contributed by atoms with Crippen molar-refractivity contribution in [2.75, 3.05) is 14.2 Å². The first-order valence-corrected chi connectivity index (χ1v) is 5.19.